The number of hydrogen-bond acceptors (Lipinski definition) is 1. The van der Waals surface area contributed by atoms with Gasteiger partial charge in [0.25, 0.3) is 0 Å². The van der Waals surface area contributed by atoms with E-state index in [0.29, 0.717) is 12.1 Å². The van der Waals surface area contributed by atoms with E-state index in [-0.39, 0.29) is 5.82 Å². The van der Waals surface area contributed by atoms with E-state index >= 15 is 0 Å². The predicted molar refractivity (Wildman–Crippen MR) is 69.6 cm³/mol. The molecule has 94 valence electrons. The molecule has 0 aromatic heterocycles. The molecule has 1 atom stereocenters. The maximum atomic E-state index is 13.5. The molecule has 1 N–H and O–H groups in total. The summed E-state index contributed by atoms with van der Waals surface area (Å²) in [6.07, 6.45) is 7.39. The highest BCUT2D eigenvalue weighted by molar-refractivity contribution is 5.18. The predicted octanol–water partition coefficient (Wildman–Crippen LogP) is 3.68. The lowest BCUT2D eigenvalue weighted by Gasteiger charge is -2.26. The summed E-state index contributed by atoms with van der Waals surface area (Å²) in [5, 5.41) is 3.63. The molecular formula is C15H22FN. The average molecular weight is 235 g/mol. The van der Waals surface area contributed by atoms with Gasteiger partial charge in [-0.3, -0.25) is 0 Å². The van der Waals surface area contributed by atoms with Gasteiger partial charge >= 0.3 is 0 Å². The van der Waals surface area contributed by atoms with E-state index in [1.807, 2.05) is 12.1 Å². The molecule has 0 aliphatic heterocycles. The molecule has 1 nitrogen and oxygen atoms in total. The second-order valence-corrected chi connectivity index (χ2v) is 5.20. The second-order valence-electron chi connectivity index (χ2n) is 5.20. The Bertz CT molecular complexity index is 345. The van der Waals surface area contributed by atoms with Crippen molar-refractivity contribution in [3.05, 3.63) is 35.6 Å². The summed E-state index contributed by atoms with van der Waals surface area (Å²) >= 11 is 0. The van der Waals surface area contributed by atoms with Crippen molar-refractivity contribution in [2.75, 3.05) is 0 Å². The molecule has 1 aromatic rings. The van der Waals surface area contributed by atoms with Crippen LogP contribution in [0.1, 0.15) is 44.6 Å². The number of nitrogens with one attached hydrogen (secondary N) is 1. The van der Waals surface area contributed by atoms with Crippen molar-refractivity contribution in [1.29, 1.82) is 0 Å². The molecule has 2 rings (SSSR count). The number of rotatable bonds is 4. The van der Waals surface area contributed by atoms with Crippen molar-refractivity contribution in [1.82, 2.24) is 5.32 Å². The van der Waals surface area contributed by atoms with Crippen LogP contribution < -0.4 is 5.32 Å². The molecule has 0 spiro atoms. The van der Waals surface area contributed by atoms with Gasteiger partial charge in [0.2, 0.25) is 0 Å². The summed E-state index contributed by atoms with van der Waals surface area (Å²) < 4.78 is 13.5. The van der Waals surface area contributed by atoms with E-state index in [0.717, 1.165) is 12.0 Å². The summed E-state index contributed by atoms with van der Waals surface area (Å²) in [5.74, 6) is -0.0789. The third kappa shape index (κ3) is 3.81. The highest BCUT2D eigenvalue weighted by atomic mass is 19.1. The zero-order valence-corrected chi connectivity index (χ0v) is 10.6. The summed E-state index contributed by atoms with van der Waals surface area (Å²) in [6.45, 7) is 2.15. The molecule has 1 unspecified atom stereocenters. The Hall–Kier alpha value is -0.890. The Morgan fingerprint density at radius 2 is 1.94 bits per heavy atom. The number of halogens is 1. The molecule has 1 aliphatic carbocycles. The first-order valence-electron chi connectivity index (χ1n) is 6.75. The van der Waals surface area contributed by atoms with Crippen molar-refractivity contribution in [2.45, 2.75) is 57.5 Å². The van der Waals surface area contributed by atoms with Gasteiger partial charge in [-0.1, -0.05) is 37.5 Å². The van der Waals surface area contributed by atoms with Crippen LogP contribution in [0.3, 0.4) is 0 Å². The monoisotopic (exact) mass is 235 g/mol. The summed E-state index contributed by atoms with van der Waals surface area (Å²) in [4.78, 5) is 0. The van der Waals surface area contributed by atoms with E-state index in [4.69, 9.17) is 0 Å². The van der Waals surface area contributed by atoms with Crippen molar-refractivity contribution in [3.8, 4) is 0 Å². The van der Waals surface area contributed by atoms with Gasteiger partial charge in [-0.2, -0.15) is 0 Å². The zero-order chi connectivity index (χ0) is 12.1. The third-order valence-electron chi connectivity index (χ3n) is 3.61. The van der Waals surface area contributed by atoms with Crippen molar-refractivity contribution in [2.24, 2.45) is 0 Å². The molecule has 1 aromatic carbocycles. The molecule has 2 heteroatoms. The molecule has 1 saturated carbocycles. The lowest BCUT2D eigenvalue weighted by Crippen LogP contribution is -2.39. The van der Waals surface area contributed by atoms with Crippen LogP contribution in [0, 0.1) is 5.82 Å². The highest BCUT2D eigenvalue weighted by Gasteiger charge is 2.16. The van der Waals surface area contributed by atoms with Crippen LogP contribution in [0.2, 0.25) is 0 Å². The molecule has 0 saturated heterocycles. The van der Waals surface area contributed by atoms with Gasteiger partial charge in [0.1, 0.15) is 5.82 Å². The minimum absolute atomic E-state index is 0.0789. The maximum absolute atomic E-state index is 13.5. The molecule has 0 amide bonds. The lowest BCUT2D eigenvalue weighted by atomic mass is 9.94. The summed E-state index contributed by atoms with van der Waals surface area (Å²) in [7, 11) is 0. The number of hydrogen-bond donors (Lipinski definition) is 1. The van der Waals surface area contributed by atoms with Gasteiger partial charge in [0.05, 0.1) is 0 Å². The van der Waals surface area contributed by atoms with E-state index < -0.39 is 0 Å². The van der Waals surface area contributed by atoms with Crippen molar-refractivity contribution < 1.29 is 4.39 Å². The van der Waals surface area contributed by atoms with E-state index in [9.17, 15) is 4.39 Å². The Kier molecular flexibility index (Phi) is 4.55. The fourth-order valence-corrected chi connectivity index (χ4v) is 2.72. The maximum Gasteiger partial charge on any atom is 0.126 e. The molecule has 1 fully saturated rings. The van der Waals surface area contributed by atoms with Gasteiger partial charge in [-0.15, -0.1) is 0 Å². The Morgan fingerprint density at radius 3 is 2.65 bits per heavy atom. The van der Waals surface area contributed by atoms with Crippen LogP contribution in [0.5, 0.6) is 0 Å². The zero-order valence-electron chi connectivity index (χ0n) is 10.6. The minimum atomic E-state index is -0.0789. The largest absolute Gasteiger partial charge is 0.311 e. The Labute approximate surface area is 103 Å². The average Bonchev–Trinajstić information content (AvgIpc) is 2.33. The van der Waals surface area contributed by atoms with Gasteiger partial charge in [0.15, 0.2) is 0 Å². The van der Waals surface area contributed by atoms with E-state index in [2.05, 4.69) is 12.2 Å². The van der Waals surface area contributed by atoms with E-state index in [1.54, 1.807) is 12.1 Å². The van der Waals surface area contributed by atoms with Gasteiger partial charge < -0.3 is 5.32 Å². The Morgan fingerprint density at radius 1 is 1.24 bits per heavy atom. The van der Waals surface area contributed by atoms with Crippen LogP contribution in [0.25, 0.3) is 0 Å². The van der Waals surface area contributed by atoms with Crippen LogP contribution in [0.15, 0.2) is 24.3 Å². The van der Waals surface area contributed by atoms with Crippen molar-refractivity contribution >= 4 is 0 Å². The first kappa shape index (κ1) is 12.6. The molecule has 0 bridgehead atoms. The van der Waals surface area contributed by atoms with Gasteiger partial charge in [-0.25, -0.2) is 4.39 Å². The third-order valence-corrected chi connectivity index (χ3v) is 3.61. The summed E-state index contributed by atoms with van der Waals surface area (Å²) in [5.41, 5.74) is 0.823. The molecule has 17 heavy (non-hydrogen) atoms. The normalized spacial score (nSPS) is 19.2. The van der Waals surface area contributed by atoms with E-state index in [1.165, 1.54) is 32.1 Å². The molecular weight excluding hydrogens is 213 g/mol. The van der Waals surface area contributed by atoms with Crippen LogP contribution in [-0.4, -0.2) is 12.1 Å². The minimum Gasteiger partial charge on any atom is -0.311 e. The van der Waals surface area contributed by atoms with Gasteiger partial charge in [0, 0.05) is 12.1 Å². The molecule has 0 heterocycles. The Balaban J connectivity index is 1.84. The molecule has 1 aliphatic rings. The SMILES string of the molecule is CC(Cc1ccccc1F)NC1CCCCC1. The first-order chi connectivity index (χ1) is 8.25. The smallest absolute Gasteiger partial charge is 0.126 e. The first-order valence-corrected chi connectivity index (χ1v) is 6.75. The van der Waals surface area contributed by atoms with Crippen LogP contribution in [0.4, 0.5) is 4.39 Å². The van der Waals surface area contributed by atoms with Crippen molar-refractivity contribution in [3.63, 3.8) is 0 Å². The van der Waals surface area contributed by atoms with Gasteiger partial charge in [-0.05, 0) is 37.8 Å². The van der Waals surface area contributed by atoms with Crippen LogP contribution in [-0.2, 0) is 6.42 Å². The second kappa shape index (κ2) is 6.15. The fraction of sp³-hybridized carbons (Fsp3) is 0.600. The fourth-order valence-electron chi connectivity index (χ4n) is 2.72. The number of benzene rings is 1. The van der Waals surface area contributed by atoms with Crippen LogP contribution >= 0.6 is 0 Å². The highest BCUT2D eigenvalue weighted by Crippen LogP contribution is 2.18. The topological polar surface area (TPSA) is 12.0 Å². The standard InChI is InChI=1S/C15H22FN/c1-12(17-14-8-3-2-4-9-14)11-13-7-5-6-10-15(13)16/h5-7,10,12,14,17H,2-4,8-9,11H2,1H3. The lowest BCUT2D eigenvalue weighted by molar-refractivity contribution is 0.342. The summed E-state index contributed by atoms with van der Waals surface area (Å²) in [6, 6.07) is 8.08. The molecule has 0 radical (unpaired) electrons. The quantitative estimate of drug-likeness (QED) is 0.839.